The Morgan fingerprint density at radius 2 is 2.17 bits per heavy atom. The fraction of sp³-hybridized carbons (Fsp3) is 0.417. The fourth-order valence-electron chi connectivity index (χ4n) is 1.50. The van der Waals surface area contributed by atoms with Crippen molar-refractivity contribution >= 4 is 23.2 Å². The number of nitro groups is 1. The van der Waals surface area contributed by atoms with Gasteiger partial charge >= 0.3 is 0 Å². The van der Waals surface area contributed by atoms with Crippen molar-refractivity contribution in [3.8, 4) is 0 Å². The second-order valence-corrected chi connectivity index (χ2v) is 4.41. The van der Waals surface area contributed by atoms with Gasteiger partial charge in [0.05, 0.1) is 4.92 Å². The van der Waals surface area contributed by atoms with Crippen molar-refractivity contribution in [1.29, 1.82) is 0 Å². The third-order valence-corrected chi connectivity index (χ3v) is 2.90. The Labute approximate surface area is 110 Å². The van der Waals surface area contributed by atoms with Gasteiger partial charge in [0.15, 0.2) is 0 Å². The quantitative estimate of drug-likeness (QED) is 0.610. The maximum Gasteiger partial charge on any atom is 0.288 e. The highest BCUT2D eigenvalue weighted by Crippen LogP contribution is 2.25. The Balaban J connectivity index is 2.93. The van der Waals surface area contributed by atoms with Crippen LogP contribution >= 0.6 is 11.6 Å². The molecular weight excluding hydrogens is 256 g/mol. The number of nitrogens with zero attached hydrogens (tertiary/aromatic N) is 2. The minimum atomic E-state index is -0.592. The van der Waals surface area contributed by atoms with Crippen LogP contribution in [0.1, 0.15) is 30.1 Å². The summed E-state index contributed by atoms with van der Waals surface area (Å²) in [7, 11) is 1.68. The van der Waals surface area contributed by atoms with Crippen molar-refractivity contribution in [1.82, 2.24) is 4.90 Å². The van der Waals surface area contributed by atoms with Crippen LogP contribution in [-0.4, -0.2) is 29.3 Å². The molecule has 0 radical (unpaired) electrons. The Morgan fingerprint density at radius 1 is 1.50 bits per heavy atom. The van der Waals surface area contributed by atoms with E-state index >= 15 is 0 Å². The van der Waals surface area contributed by atoms with E-state index in [1.54, 1.807) is 11.9 Å². The molecule has 98 valence electrons. The van der Waals surface area contributed by atoms with Gasteiger partial charge in [-0.3, -0.25) is 14.9 Å². The van der Waals surface area contributed by atoms with Crippen LogP contribution in [0.25, 0.3) is 0 Å². The molecule has 0 spiro atoms. The van der Waals surface area contributed by atoms with Crippen molar-refractivity contribution in [3.05, 3.63) is 38.9 Å². The average Bonchev–Trinajstić information content (AvgIpc) is 2.35. The number of unbranched alkanes of at least 4 members (excludes halogenated alkanes) is 1. The van der Waals surface area contributed by atoms with Crippen molar-refractivity contribution in [2.45, 2.75) is 19.8 Å². The van der Waals surface area contributed by atoms with Gasteiger partial charge in [0, 0.05) is 25.2 Å². The summed E-state index contributed by atoms with van der Waals surface area (Å²) in [4.78, 5) is 23.7. The van der Waals surface area contributed by atoms with Crippen molar-refractivity contribution < 1.29 is 9.72 Å². The van der Waals surface area contributed by atoms with Crippen LogP contribution in [0.15, 0.2) is 18.2 Å². The summed E-state index contributed by atoms with van der Waals surface area (Å²) in [5.74, 6) is -0.233. The number of amides is 1. The summed E-state index contributed by atoms with van der Waals surface area (Å²) in [5.41, 5.74) is 0.0381. The third kappa shape index (κ3) is 3.43. The lowest BCUT2D eigenvalue weighted by Crippen LogP contribution is -2.27. The smallest absolute Gasteiger partial charge is 0.288 e. The Kier molecular flexibility index (Phi) is 5.09. The molecule has 0 fully saturated rings. The monoisotopic (exact) mass is 270 g/mol. The summed E-state index contributed by atoms with van der Waals surface area (Å²) >= 11 is 5.69. The molecule has 1 rings (SSSR count). The first-order valence-corrected chi connectivity index (χ1v) is 6.04. The lowest BCUT2D eigenvalue weighted by atomic mass is 10.1. The Hall–Kier alpha value is -1.62. The van der Waals surface area contributed by atoms with Crippen LogP contribution in [0.2, 0.25) is 5.02 Å². The van der Waals surface area contributed by atoms with Crippen LogP contribution < -0.4 is 0 Å². The van der Waals surface area contributed by atoms with Gasteiger partial charge in [-0.25, -0.2) is 0 Å². The highest BCUT2D eigenvalue weighted by Gasteiger charge is 2.18. The average molecular weight is 271 g/mol. The maximum atomic E-state index is 12.0. The molecule has 0 aliphatic rings. The number of hydrogen-bond donors (Lipinski definition) is 0. The standard InChI is InChI=1S/C12H15ClN2O3/c1-3-4-7-14(2)12(16)9-5-6-10(13)11(8-9)15(17)18/h5-6,8H,3-4,7H2,1-2H3. The van der Waals surface area contributed by atoms with Crippen LogP contribution in [0, 0.1) is 10.1 Å². The van der Waals surface area contributed by atoms with E-state index in [-0.39, 0.29) is 22.2 Å². The van der Waals surface area contributed by atoms with Gasteiger partial charge in [-0.05, 0) is 18.6 Å². The van der Waals surface area contributed by atoms with Crippen LogP contribution in [-0.2, 0) is 0 Å². The van der Waals surface area contributed by atoms with E-state index in [9.17, 15) is 14.9 Å². The lowest BCUT2D eigenvalue weighted by molar-refractivity contribution is -0.384. The van der Waals surface area contributed by atoms with Crippen molar-refractivity contribution in [3.63, 3.8) is 0 Å². The topological polar surface area (TPSA) is 63.5 Å². The zero-order chi connectivity index (χ0) is 13.7. The van der Waals surface area contributed by atoms with Gasteiger partial charge in [-0.2, -0.15) is 0 Å². The molecule has 18 heavy (non-hydrogen) atoms. The molecule has 0 N–H and O–H groups in total. The van der Waals surface area contributed by atoms with Crippen LogP contribution in [0.4, 0.5) is 5.69 Å². The zero-order valence-electron chi connectivity index (χ0n) is 10.4. The molecule has 0 aliphatic carbocycles. The molecule has 0 unspecified atom stereocenters. The zero-order valence-corrected chi connectivity index (χ0v) is 11.1. The van der Waals surface area contributed by atoms with E-state index in [4.69, 9.17) is 11.6 Å². The number of benzene rings is 1. The van der Waals surface area contributed by atoms with Gasteiger partial charge < -0.3 is 4.90 Å². The normalized spacial score (nSPS) is 10.2. The molecule has 1 amide bonds. The molecule has 0 bridgehead atoms. The number of carbonyl (C=O) groups excluding carboxylic acids is 1. The minimum absolute atomic E-state index is 0.0350. The molecule has 0 saturated heterocycles. The van der Waals surface area contributed by atoms with Gasteiger partial charge in [0.2, 0.25) is 0 Å². The number of halogens is 1. The summed E-state index contributed by atoms with van der Waals surface area (Å²) in [6.45, 7) is 2.66. The predicted octanol–water partition coefficient (Wildman–Crippen LogP) is 3.12. The minimum Gasteiger partial charge on any atom is -0.342 e. The molecule has 1 aromatic carbocycles. The largest absolute Gasteiger partial charge is 0.342 e. The van der Waals surface area contributed by atoms with Gasteiger partial charge in [0.25, 0.3) is 11.6 Å². The van der Waals surface area contributed by atoms with E-state index < -0.39 is 4.92 Å². The molecule has 0 aliphatic heterocycles. The highest BCUT2D eigenvalue weighted by atomic mass is 35.5. The molecular formula is C12H15ClN2O3. The molecule has 6 heteroatoms. The van der Waals surface area contributed by atoms with E-state index in [1.165, 1.54) is 18.2 Å². The maximum absolute atomic E-state index is 12.0. The second kappa shape index (κ2) is 6.35. The SMILES string of the molecule is CCCCN(C)C(=O)c1ccc(Cl)c([N+](=O)[O-])c1. The summed E-state index contributed by atoms with van der Waals surface area (Å²) < 4.78 is 0. The lowest BCUT2D eigenvalue weighted by Gasteiger charge is -2.16. The fourth-order valence-corrected chi connectivity index (χ4v) is 1.69. The molecule has 1 aromatic rings. The first-order valence-electron chi connectivity index (χ1n) is 5.66. The third-order valence-electron chi connectivity index (χ3n) is 2.58. The molecule has 0 atom stereocenters. The predicted molar refractivity (Wildman–Crippen MR) is 70.0 cm³/mol. The van der Waals surface area contributed by atoms with E-state index in [2.05, 4.69) is 0 Å². The Morgan fingerprint density at radius 3 is 2.72 bits per heavy atom. The molecule has 0 saturated carbocycles. The molecule has 5 nitrogen and oxygen atoms in total. The highest BCUT2D eigenvalue weighted by molar-refractivity contribution is 6.32. The van der Waals surface area contributed by atoms with Crippen LogP contribution in [0.3, 0.4) is 0 Å². The number of nitro benzene ring substituents is 1. The number of rotatable bonds is 5. The number of hydrogen-bond acceptors (Lipinski definition) is 3. The van der Waals surface area contributed by atoms with Gasteiger partial charge in [-0.1, -0.05) is 24.9 Å². The van der Waals surface area contributed by atoms with Crippen molar-refractivity contribution in [2.75, 3.05) is 13.6 Å². The first kappa shape index (κ1) is 14.4. The van der Waals surface area contributed by atoms with Crippen LogP contribution in [0.5, 0.6) is 0 Å². The summed E-state index contributed by atoms with van der Waals surface area (Å²) in [5, 5.41) is 10.8. The summed E-state index contributed by atoms with van der Waals surface area (Å²) in [6.07, 6.45) is 1.89. The second-order valence-electron chi connectivity index (χ2n) is 4.00. The van der Waals surface area contributed by atoms with E-state index in [1.807, 2.05) is 6.92 Å². The molecule has 0 heterocycles. The molecule has 0 aromatic heterocycles. The van der Waals surface area contributed by atoms with Gasteiger partial charge in [0.1, 0.15) is 5.02 Å². The first-order chi connectivity index (χ1) is 8.47. The van der Waals surface area contributed by atoms with Gasteiger partial charge in [-0.15, -0.1) is 0 Å². The Bertz CT molecular complexity index is 463. The van der Waals surface area contributed by atoms with Crippen molar-refractivity contribution in [2.24, 2.45) is 0 Å². The van der Waals surface area contributed by atoms with E-state index in [0.717, 1.165) is 12.8 Å². The van der Waals surface area contributed by atoms with E-state index in [0.29, 0.717) is 6.54 Å². The number of carbonyl (C=O) groups is 1. The summed E-state index contributed by atoms with van der Waals surface area (Å²) in [6, 6.07) is 4.09.